The van der Waals surface area contributed by atoms with Gasteiger partial charge in [-0.2, -0.15) is 0 Å². The van der Waals surface area contributed by atoms with Crippen LogP contribution in [-0.2, 0) is 4.74 Å². The molecule has 2 rings (SSSR count). The average Bonchev–Trinajstić information content (AvgIpc) is 2.39. The number of aryl methyl sites for hydroxylation is 1. The maximum absolute atomic E-state index is 11.7. The fourth-order valence-electron chi connectivity index (χ4n) is 2.24. The van der Waals surface area contributed by atoms with E-state index in [1.807, 2.05) is 13.0 Å². The van der Waals surface area contributed by atoms with Crippen LogP contribution in [0.1, 0.15) is 42.2 Å². The zero-order valence-corrected chi connectivity index (χ0v) is 11.1. The monoisotopic (exact) mass is 248 g/mol. The van der Waals surface area contributed by atoms with Crippen LogP contribution in [0.4, 0.5) is 5.82 Å². The van der Waals surface area contributed by atoms with Gasteiger partial charge in [0, 0.05) is 13.1 Å². The van der Waals surface area contributed by atoms with E-state index in [1.165, 1.54) is 19.3 Å². The number of ether oxygens (including phenoxy) is 1. The van der Waals surface area contributed by atoms with Crippen molar-refractivity contribution in [1.29, 1.82) is 0 Å². The fourth-order valence-corrected chi connectivity index (χ4v) is 2.24. The summed E-state index contributed by atoms with van der Waals surface area (Å²) in [6, 6.07) is 3.82. The van der Waals surface area contributed by atoms with Gasteiger partial charge in [0.2, 0.25) is 0 Å². The standard InChI is InChI=1S/C14H20N2O2/c1-3-18-14(17)12-9-11(2)10-13(15-12)16-7-5-4-6-8-16/h9-10H,3-8H2,1-2H3. The van der Waals surface area contributed by atoms with Crippen LogP contribution < -0.4 is 4.90 Å². The Bertz CT molecular complexity index is 426. The summed E-state index contributed by atoms with van der Waals surface area (Å²) in [7, 11) is 0. The Morgan fingerprint density at radius 3 is 2.72 bits per heavy atom. The Morgan fingerprint density at radius 1 is 1.33 bits per heavy atom. The highest BCUT2D eigenvalue weighted by Crippen LogP contribution is 2.19. The summed E-state index contributed by atoms with van der Waals surface area (Å²) in [5, 5.41) is 0. The fraction of sp³-hybridized carbons (Fsp3) is 0.571. The van der Waals surface area contributed by atoms with E-state index >= 15 is 0 Å². The Balaban J connectivity index is 2.22. The van der Waals surface area contributed by atoms with Crippen LogP contribution in [0, 0.1) is 6.92 Å². The summed E-state index contributed by atoms with van der Waals surface area (Å²) < 4.78 is 5.01. The van der Waals surface area contributed by atoms with E-state index in [9.17, 15) is 4.79 Å². The number of anilines is 1. The number of carbonyl (C=O) groups excluding carboxylic acids is 1. The van der Waals surface area contributed by atoms with E-state index in [2.05, 4.69) is 9.88 Å². The number of esters is 1. The van der Waals surface area contributed by atoms with E-state index < -0.39 is 0 Å². The maximum Gasteiger partial charge on any atom is 0.357 e. The highest BCUT2D eigenvalue weighted by molar-refractivity contribution is 5.88. The molecule has 0 aromatic carbocycles. The third kappa shape index (κ3) is 3.00. The normalized spacial score (nSPS) is 15.6. The number of hydrogen-bond donors (Lipinski definition) is 0. The molecule has 0 N–H and O–H groups in total. The molecule has 0 saturated carbocycles. The predicted octanol–water partition coefficient (Wildman–Crippen LogP) is 2.56. The lowest BCUT2D eigenvalue weighted by Gasteiger charge is -2.28. The molecular weight excluding hydrogens is 228 g/mol. The zero-order chi connectivity index (χ0) is 13.0. The van der Waals surface area contributed by atoms with Gasteiger partial charge < -0.3 is 9.64 Å². The topological polar surface area (TPSA) is 42.4 Å². The van der Waals surface area contributed by atoms with Gasteiger partial charge in [-0.3, -0.25) is 0 Å². The maximum atomic E-state index is 11.7. The molecule has 1 aliphatic heterocycles. The van der Waals surface area contributed by atoms with E-state index in [-0.39, 0.29) is 5.97 Å². The van der Waals surface area contributed by atoms with Gasteiger partial charge in [-0.25, -0.2) is 9.78 Å². The van der Waals surface area contributed by atoms with Gasteiger partial charge in [-0.1, -0.05) is 0 Å². The Hall–Kier alpha value is -1.58. The number of nitrogens with zero attached hydrogens (tertiary/aromatic N) is 2. The molecule has 1 aliphatic rings. The van der Waals surface area contributed by atoms with Crippen molar-refractivity contribution < 1.29 is 9.53 Å². The van der Waals surface area contributed by atoms with Gasteiger partial charge in [0.25, 0.3) is 0 Å². The molecule has 4 heteroatoms. The molecule has 0 unspecified atom stereocenters. The molecule has 0 aliphatic carbocycles. The van der Waals surface area contributed by atoms with Crippen molar-refractivity contribution in [3.8, 4) is 0 Å². The number of carbonyl (C=O) groups is 1. The highest BCUT2D eigenvalue weighted by atomic mass is 16.5. The van der Waals surface area contributed by atoms with Gasteiger partial charge in [-0.05, 0) is 50.8 Å². The summed E-state index contributed by atoms with van der Waals surface area (Å²) in [5.74, 6) is 0.567. The van der Waals surface area contributed by atoms with E-state index in [0.29, 0.717) is 12.3 Å². The first-order valence-corrected chi connectivity index (χ1v) is 6.61. The minimum absolute atomic E-state index is 0.334. The van der Waals surface area contributed by atoms with Crippen LogP contribution in [-0.4, -0.2) is 30.6 Å². The molecule has 1 saturated heterocycles. The largest absolute Gasteiger partial charge is 0.461 e. The number of aromatic nitrogens is 1. The lowest BCUT2D eigenvalue weighted by molar-refractivity contribution is 0.0519. The quantitative estimate of drug-likeness (QED) is 0.771. The number of hydrogen-bond acceptors (Lipinski definition) is 4. The van der Waals surface area contributed by atoms with Crippen molar-refractivity contribution in [2.45, 2.75) is 33.1 Å². The number of rotatable bonds is 3. The molecule has 1 fully saturated rings. The van der Waals surface area contributed by atoms with Gasteiger partial charge >= 0.3 is 5.97 Å². The molecular formula is C14H20N2O2. The van der Waals surface area contributed by atoms with Crippen LogP contribution in [0.5, 0.6) is 0 Å². The molecule has 0 radical (unpaired) electrons. The van der Waals surface area contributed by atoms with Crippen molar-refractivity contribution in [3.63, 3.8) is 0 Å². The SMILES string of the molecule is CCOC(=O)c1cc(C)cc(N2CCCCC2)n1. The smallest absolute Gasteiger partial charge is 0.357 e. The van der Waals surface area contributed by atoms with Crippen molar-refractivity contribution in [2.75, 3.05) is 24.6 Å². The van der Waals surface area contributed by atoms with Crippen molar-refractivity contribution >= 4 is 11.8 Å². The molecule has 0 bridgehead atoms. The summed E-state index contributed by atoms with van der Waals surface area (Å²) >= 11 is 0. The van der Waals surface area contributed by atoms with Crippen molar-refractivity contribution in [3.05, 3.63) is 23.4 Å². The third-order valence-corrected chi connectivity index (χ3v) is 3.12. The van der Waals surface area contributed by atoms with Gasteiger partial charge in [0.1, 0.15) is 5.82 Å². The molecule has 1 aromatic heterocycles. The predicted molar refractivity (Wildman–Crippen MR) is 71.0 cm³/mol. The summed E-state index contributed by atoms with van der Waals surface area (Å²) in [6.45, 7) is 6.22. The Labute approximate surface area is 108 Å². The minimum Gasteiger partial charge on any atom is -0.461 e. The van der Waals surface area contributed by atoms with Crippen molar-refractivity contribution in [1.82, 2.24) is 4.98 Å². The van der Waals surface area contributed by atoms with E-state index in [0.717, 1.165) is 24.5 Å². The molecule has 1 aromatic rings. The first kappa shape index (κ1) is 12.9. The molecule has 0 amide bonds. The van der Waals surface area contributed by atoms with Gasteiger partial charge in [0.15, 0.2) is 5.69 Å². The summed E-state index contributed by atoms with van der Waals surface area (Å²) in [6.07, 6.45) is 3.68. The van der Waals surface area contributed by atoms with Crippen LogP contribution in [0.3, 0.4) is 0 Å². The molecule has 4 nitrogen and oxygen atoms in total. The van der Waals surface area contributed by atoms with Gasteiger partial charge in [0.05, 0.1) is 6.61 Å². The first-order chi connectivity index (χ1) is 8.70. The third-order valence-electron chi connectivity index (χ3n) is 3.12. The molecule has 98 valence electrons. The molecule has 0 atom stereocenters. The van der Waals surface area contributed by atoms with E-state index in [1.54, 1.807) is 13.0 Å². The Kier molecular flexibility index (Phi) is 4.18. The first-order valence-electron chi connectivity index (χ1n) is 6.61. The lowest BCUT2D eigenvalue weighted by atomic mass is 10.1. The van der Waals surface area contributed by atoms with Crippen LogP contribution in [0.2, 0.25) is 0 Å². The minimum atomic E-state index is -0.334. The summed E-state index contributed by atoms with van der Waals surface area (Å²) in [4.78, 5) is 18.4. The number of pyridine rings is 1. The second-order valence-electron chi connectivity index (χ2n) is 4.66. The van der Waals surface area contributed by atoms with Crippen LogP contribution in [0.25, 0.3) is 0 Å². The highest BCUT2D eigenvalue weighted by Gasteiger charge is 2.16. The van der Waals surface area contributed by atoms with Crippen molar-refractivity contribution in [2.24, 2.45) is 0 Å². The zero-order valence-electron chi connectivity index (χ0n) is 11.1. The van der Waals surface area contributed by atoms with Crippen LogP contribution in [0.15, 0.2) is 12.1 Å². The van der Waals surface area contributed by atoms with Crippen LogP contribution >= 0.6 is 0 Å². The second kappa shape index (κ2) is 5.85. The summed E-state index contributed by atoms with van der Waals surface area (Å²) in [5.41, 5.74) is 1.46. The molecule has 2 heterocycles. The molecule has 18 heavy (non-hydrogen) atoms. The molecule has 0 spiro atoms. The van der Waals surface area contributed by atoms with E-state index in [4.69, 9.17) is 4.74 Å². The lowest BCUT2D eigenvalue weighted by Crippen LogP contribution is -2.30. The number of piperidine rings is 1. The average molecular weight is 248 g/mol. The van der Waals surface area contributed by atoms with Gasteiger partial charge in [-0.15, -0.1) is 0 Å². The Morgan fingerprint density at radius 2 is 2.06 bits per heavy atom. The second-order valence-corrected chi connectivity index (χ2v) is 4.66.